The molecule has 0 aromatic carbocycles. The van der Waals surface area contributed by atoms with E-state index in [4.69, 9.17) is 4.74 Å². The summed E-state index contributed by atoms with van der Waals surface area (Å²) in [6.07, 6.45) is 3.79. The zero-order chi connectivity index (χ0) is 13.7. The number of piperidine rings is 1. The maximum atomic E-state index is 11.3. The molecule has 0 spiro atoms. The predicted molar refractivity (Wildman–Crippen MR) is 75.5 cm³/mol. The summed E-state index contributed by atoms with van der Waals surface area (Å²) in [7, 11) is 0. The van der Waals surface area contributed by atoms with Crippen LogP contribution in [-0.4, -0.2) is 30.8 Å². The summed E-state index contributed by atoms with van der Waals surface area (Å²) in [5.74, 6) is 1.33. The van der Waals surface area contributed by atoms with Crippen LogP contribution < -0.4 is 10.2 Å². The van der Waals surface area contributed by atoms with Gasteiger partial charge in [0.2, 0.25) is 0 Å². The lowest BCUT2D eigenvalue weighted by molar-refractivity contribution is 0.168. The molecule has 1 aliphatic heterocycles. The number of amides is 1. The summed E-state index contributed by atoms with van der Waals surface area (Å²) in [5, 5.41) is 2.59. The molecule has 1 amide bonds. The summed E-state index contributed by atoms with van der Waals surface area (Å²) >= 11 is 0. The van der Waals surface area contributed by atoms with Gasteiger partial charge in [-0.1, -0.05) is 6.92 Å². The molecule has 5 nitrogen and oxygen atoms in total. The average molecular weight is 263 g/mol. The van der Waals surface area contributed by atoms with E-state index >= 15 is 0 Å². The Hall–Kier alpha value is -1.78. The summed E-state index contributed by atoms with van der Waals surface area (Å²) < 4.78 is 4.80. The Morgan fingerprint density at radius 1 is 1.47 bits per heavy atom. The van der Waals surface area contributed by atoms with Crippen molar-refractivity contribution in [3.8, 4) is 0 Å². The lowest BCUT2D eigenvalue weighted by Crippen LogP contribution is -2.32. The molecule has 2 heterocycles. The van der Waals surface area contributed by atoms with E-state index in [1.165, 1.54) is 12.8 Å². The van der Waals surface area contributed by atoms with Gasteiger partial charge in [0.05, 0.1) is 18.5 Å². The predicted octanol–water partition coefficient (Wildman–Crippen LogP) is 2.89. The first kappa shape index (κ1) is 13.6. The van der Waals surface area contributed by atoms with Gasteiger partial charge in [0.25, 0.3) is 0 Å². The lowest BCUT2D eigenvalue weighted by Gasteiger charge is -2.31. The summed E-state index contributed by atoms with van der Waals surface area (Å²) in [4.78, 5) is 17.8. The number of carbonyl (C=O) groups is 1. The number of nitrogens with zero attached hydrogens (tertiary/aromatic N) is 2. The van der Waals surface area contributed by atoms with Gasteiger partial charge in [-0.05, 0) is 37.8 Å². The molecule has 0 atom stereocenters. The number of hydrogen-bond donors (Lipinski definition) is 1. The number of hydrogen-bond acceptors (Lipinski definition) is 4. The van der Waals surface area contributed by atoms with Gasteiger partial charge >= 0.3 is 6.09 Å². The van der Waals surface area contributed by atoms with Crippen LogP contribution in [0.25, 0.3) is 0 Å². The molecular formula is C14H21N3O2. The van der Waals surface area contributed by atoms with Gasteiger partial charge in [-0.15, -0.1) is 0 Å². The van der Waals surface area contributed by atoms with E-state index in [1.54, 1.807) is 13.1 Å². The van der Waals surface area contributed by atoms with Gasteiger partial charge < -0.3 is 9.64 Å². The van der Waals surface area contributed by atoms with Crippen LogP contribution in [0, 0.1) is 5.92 Å². The first-order chi connectivity index (χ1) is 9.19. The molecule has 2 rings (SSSR count). The molecule has 1 fully saturated rings. The highest BCUT2D eigenvalue weighted by Gasteiger charge is 2.16. The third kappa shape index (κ3) is 3.84. The molecule has 1 saturated heterocycles. The Kier molecular flexibility index (Phi) is 4.60. The SMILES string of the molecule is CCOC(=O)Nc1ccc(N2CCC(C)CC2)cn1. The van der Waals surface area contributed by atoms with Crippen LogP contribution in [-0.2, 0) is 4.74 Å². The van der Waals surface area contributed by atoms with Crippen molar-refractivity contribution in [2.75, 3.05) is 29.9 Å². The maximum absolute atomic E-state index is 11.3. The second-order valence-corrected chi connectivity index (χ2v) is 4.92. The first-order valence-electron chi connectivity index (χ1n) is 6.84. The lowest BCUT2D eigenvalue weighted by atomic mass is 9.99. The van der Waals surface area contributed by atoms with Crippen LogP contribution in [0.3, 0.4) is 0 Å². The van der Waals surface area contributed by atoms with Gasteiger partial charge in [-0.25, -0.2) is 9.78 Å². The van der Waals surface area contributed by atoms with Crippen LogP contribution in [0.5, 0.6) is 0 Å². The van der Waals surface area contributed by atoms with E-state index in [2.05, 4.69) is 22.1 Å². The Morgan fingerprint density at radius 2 is 2.21 bits per heavy atom. The van der Waals surface area contributed by atoms with Crippen molar-refractivity contribution in [1.29, 1.82) is 0 Å². The van der Waals surface area contributed by atoms with Crippen molar-refractivity contribution in [1.82, 2.24) is 4.98 Å². The number of rotatable bonds is 3. The van der Waals surface area contributed by atoms with Crippen molar-refractivity contribution in [3.63, 3.8) is 0 Å². The summed E-state index contributed by atoms with van der Waals surface area (Å²) in [5.41, 5.74) is 1.11. The third-order valence-corrected chi connectivity index (χ3v) is 3.40. The molecule has 1 aromatic heterocycles. The Labute approximate surface area is 114 Å². The van der Waals surface area contributed by atoms with Crippen molar-refractivity contribution in [2.45, 2.75) is 26.7 Å². The monoisotopic (exact) mass is 263 g/mol. The van der Waals surface area contributed by atoms with E-state index < -0.39 is 6.09 Å². The van der Waals surface area contributed by atoms with E-state index in [1.807, 2.05) is 12.1 Å². The minimum absolute atomic E-state index is 0.357. The molecule has 0 unspecified atom stereocenters. The van der Waals surface area contributed by atoms with E-state index in [-0.39, 0.29) is 0 Å². The fourth-order valence-electron chi connectivity index (χ4n) is 2.19. The van der Waals surface area contributed by atoms with Gasteiger partial charge in [-0.3, -0.25) is 5.32 Å². The van der Waals surface area contributed by atoms with Gasteiger partial charge in [0.1, 0.15) is 5.82 Å². The summed E-state index contributed by atoms with van der Waals surface area (Å²) in [6.45, 7) is 6.58. The molecule has 1 aromatic rings. The fourth-order valence-corrected chi connectivity index (χ4v) is 2.19. The highest BCUT2D eigenvalue weighted by molar-refractivity contribution is 5.83. The molecule has 0 radical (unpaired) electrons. The van der Waals surface area contributed by atoms with Gasteiger partial charge in [-0.2, -0.15) is 0 Å². The number of carbonyl (C=O) groups excluding carboxylic acids is 1. The first-order valence-corrected chi connectivity index (χ1v) is 6.84. The van der Waals surface area contributed by atoms with Crippen LogP contribution in [0.4, 0.5) is 16.3 Å². The normalized spacial score (nSPS) is 16.2. The topological polar surface area (TPSA) is 54.5 Å². The molecule has 1 aliphatic rings. The molecule has 0 saturated carbocycles. The van der Waals surface area contributed by atoms with Crippen molar-refractivity contribution >= 4 is 17.6 Å². The number of ether oxygens (including phenoxy) is 1. The van der Waals surface area contributed by atoms with Crippen molar-refractivity contribution < 1.29 is 9.53 Å². The number of nitrogens with one attached hydrogen (secondary N) is 1. The van der Waals surface area contributed by atoms with E-state index in [0.717, 1.165) is 24.7 Å². The second-order valence-electron chi connectivity index (χ2n) is 4.92. The molecule has 19 heavy (non-hydrogen) atoms. The van der Waals surface area contributed by atoms with Gasteiger partial charge in [0.15, 0.2) is 0 Å². The molecular weight excluding hydrogens is 242 g/mol. The Balaban J connectivity index is 1.92. The highest BCUT2D eigenvalue weighted by atomic mass is 16.5. The van der Waals surface area contributed by atoms with Crippen LogP contribution in [0.15, 0.2) is 18.3 Å². The van der Waals surface area contributed by atoms with Crippen LogP contribution in [0.2, 0.25) is 0 Å². The molecule has 0 aliphatic carbocycles. The standard InChI is InChI=1S/C14H21N3O2/c1-3-19-14(18)16-13-5-4-12(10-15-13)17-8-6-11(2)7-9-17/h4-5,10-11H,3,6-9H2,1-2H3,(H,15,16,18). The largest absolute Gasteiger partial charge is 0.450 e. The zero-order valence-electron chi connectivity index (χ0n) is 11.6. The number of aromatic nitrogens is 1. The van der Waals surface area contributed by atoms with Crippen molar-refractivity contribution in [2.24, 2.45) is 5.92 Å². The Bertz CT molecular complexity index is 411. The van der Waals surface area contributed by atoms with E-state index in [9.17, 15) is 4.79 Å². The fraction of sp³-hybridized carbons (Fsp3) is 0.571. The van der Waals surface area contributed by atoms with Crippen LogP contribution in [0.1, 0.15) is 26.7 Å². The third-order valence-electron chi connectivity index (χ3n) is 3.40. The number of pyridine rings is 1. The smallest absolute Gasteiger partial charge is 0.412 e. The second kappa shape index (κ2) is 6.41. The Morgan fingerprint density at radius 3 is 2.79 bits per heavy atom. The average Bonchev–Trinajstić information content (AvgIpc) is 2.41. The highest BCUT2D eigenvalue weighted by Crippen LogP contribution is 2.22. The minimum Gasteiger partial charge on any atom is -0.450 e. The van der Waals surface area contributed by atoms with E-state index in [0.29, 0.717) is 12.4 Å². The van der Waals surface area contributed by atoms with Gasteiger partial charge in [0, 0.05) is 13.1 Å². The van der Waals surface area contributed by atoms with Crippen molar-refractivity contribution in [3.05, 3.63) is 18.3 Å². The molecule has 0 bridgehead atoms. The van der Waals surface area contributed by atoms with Crippen LogP contribution >= 0.6 is 0 Å². The minimum atomic E-state index is -0.463. The molecule has 1 N–H and O–H groups in total. The molecule has 5 heteroatoms. The summed E-state index contributed by atoms with van der Waals surface area (Å²) in [6, 6.07) is 3.80. The number of anilines is 2. The zero-order valence-corrected chi connectivity index (χ0v) is 11.6. The quantitative estimate of drug-likeness (QED) is 0.911. The maximum Gasteiger partial charge on any atom is 0.412 e. The molecule has 104 valence electrons.